The molecule has 2 atom stereocenters. The van der Waals surface area contributed by atoms with E-state index in [4.69, 9.17) is 4.74 Å². The van der Waals surface area contributed by atoms with Gasteiger partial charge in [-0.25, -0.2) is 0 Å². The summed E-state index contributed by atoms with van der Waals surface area (Å²) in [6.45, 7) is 7.17. The van der Waals surface area contributed by atoms with E-state index < -0.39 is 12.6 Å². The Balaban J connectivity index is 3.99. The monoisotopic (exact) mass is 269 g/mol. The van der Waals surface area contributed by atoms with Crippen LogP contribution in [-0.2, 0) is 4.74 Å². The van der Waals surface area contributed by atoms with Gasteiger partial charge in [0.25, 0.3) is 0 Å². The van der Waals surface area contributed by atoms with E-state index in [1.807, 2.05) is 13.8 Å². The quantitative estimate of drug-likeness (QED) is 0.607. The van der Waals surface area contributed by atoms with Crippen molar-refractivity contribution in [3.63, 3.8) is 0 Å². The van der Waals surface area contributed by atoms with E-state index >= 15 is 0 Å². The molecule has 0 aromatic heterocycles. The zero-order valence-electron chi connectivity index (χ0n) is 11.6. The van der Waals surface area contributed by atoms with Gasteiger partial charge in [-0.3, -0.25) is 0 Å². The molecule has 110 valence electrons. The van der Waals surface area contributed by atoms with Gasteiger partial charge in [0, 0.05) is 19.1 Å². The van der Waals surface area contributed by atoms with Crippen LogP contribution in [0.5, 0.6) is 0 Å². The number of rotatable bonds is 10. The van der Waals surface area contributed by atoms with Crippen LogP contribution < -0.4 is 5.32 Å². The van der Waals surface area contributed by atoms with Gasteiger partial charge in [-0.1, -0.05) is 27.2 Å². The smallest absolute Gasteiger partial charge is 0.377 e. The highest BCUT2D eigenvalue weighted by Crippen LogP contribution is 2.21. The fourth-order valence-corrected chi connectivity index (χ4v) is 2.02. The van der Waals surface area contributed by atoms with Crippen LogP contribution in [0.3, 0.4) is 0 Å². The minimum absolute atomic E-state index is 0.0122. The van der Waals surface area contributed by atoms with Gasteiger partial charge < -0.3 is 10.1 Å². The first kappa shape index (κ1) is 17.7. The highest BCUT2D eigenvalue weighted by Gasteiger charge is 2.26. The summed E-state index contributed by atoms with van der Waals surface area (Å²) in [6.07, 6.45) is -1.92. The molecule has 0 aliphatic heterocycles. The molecule has 2 unspecified atom stereocenters. The number of ether oxygens (including phenoxy) is 1. The summed E-state index contributed by atoms with van der Waals surface area (Å²) >= 11 is 0. The van der Waals surface area contributed by atoms with Crippen molar-refractivity contribution in [2.24, 2.45) is 0 Å². The second kappa shape index (κ2) is 9.62. The molecule has 2 nitrogen and oxygen atoms in total. The van der Waals surface area contributed by atoms with Gasteiger partial charge >= 0.3 is 6.18 Å². The summed E-state index contributed by atoms with van der Waals surface area (Å²) in [4.78, 5) is 0. The van der Waals surface area contributed by atoms with Crippen molar-refractivity contribution in [2.45, 2.75) is 71.2 Å². The summed E-state index contributed by atoms with van der Waals surface area (Å²) in [5.74, 6) is 0. The van der Waals surface area contributed by atoms with Crippen molar-refractivity contribution in [3.8, 4) is 0 Å². The van der Waals surface area contributed by atoms with Crippen molar-refractivity contribution < 1.29 is 17.9 Å². The maximum atomic E-state index is 12.0. The molecule has 0 fully saturated rings. The highest BCUT2D eigenvalue weighted by atomic mass is 19.4. The molecule has 0 aromatic rings. The summed E-state index contributed by atoms with van der Waals surface area (Å²) in [5, 5.41) is 3.34. The van der Waals surface area contributed by atoms with Gasteiger partial charge in [0.05, 0.1) is 6.10 Å². The first-order chi connectivity index (χ1) is 8.44. The molecule has 0 amide bonds. The van der Waals surface area contributed by atoms with Crippen LogP contribution in [0.25, 0.3) is 0 Å². The van der Waals surface area contributed by atoms with Crippen LogP contribution in [0.2, 0.25) is 0 Å². The van der Waals surface area contributed by atoms with Crippen LogP contribution in [-0.4, -0.2) is 31.5 Å². The molecule has 0 aliphatic carbocycles. The predicted molar refractivity (Wildman–Crippen MR) is 67.7 cm³/mol. The van der Waals surface area contributed by atoms with Crippen molar-refractivity contribution in [2.75, 3.05) is 13.2 Å². The zero-order chi connectivity index (χ0) is 14.0. The van der Waals surface area contributed by atoms with E-state index in [9.17, 15) is 13.2 Å². The van der Waals surface area contributed by atoms with Crippen LogP contribution in [0, 0.1) is 0 Å². The third-order valence-electron chi connectivity index (χ3n) is 2.85. The first-order valence-electron chi connectivity index (χ1n) is 6.86. The van der Waals surface area contributed by atoms with E-state index in [1.165, 1.54) is 0 Å². The lowest BCUT2D eigenvalue weighted by molar-refractivity contribution is -0.139. The number of alkyl halides is 3. The molecular weight excluding hydrogens is 243 g/mol. The average Bonchev–Trinajstić information content (AvgIpc) is 2.28. The Kier molecular flexibility index (Phi) is 9.46. The standard InChI is InChI=1S/C13H26F3NO/c1-4-8-11(17-6-3)12(5-2)18-10-7-9-13(14,15)16/h11-12,17H,4-10H2,1-3H3. The fourth-order valence-electron chi connectivity index (χ4n) is 2.02. The highest BCUT2D eigenvalue weighted by molar-refractivity contribution is 4.75. The number of likely N-dealkylation sites (N-methyl/N-ethyl adjacent to an activating group) is 1. The maximum Gasteiger partial charge on any atom is 0.389 e. The van der Waals surface area contributed by atoms with Crippen molar-refractivity contribution >= 4 is 0 Å². The summed E-state index contributed by atoms with van der Waals surface area (Å²) in [6, 6.07) is 0.246. The third-order valence-corrected chi connectivity index (χ3v) is 2.85. The summed E-state index contributed by atoms with van der Waals surface area (Å²) < 4.78 is 41.6. The summed E-state index contributed by atoms with van der Waals surface area (Å²) in [5.41, 5.74) is 0. The topological polar surface area (TPSA) is 21.3 Å². The normalized spacial score (nSPS) is 15.7. The van der Waals surface area contributed by atoms with E-state index in [1.54, 1.807) is 0 Å². The lowest BCUT2D eigenvalue weighted by atomic mass is 10.0. The van der Waals surface area contributed by atoms with Crippen LogP contribution in [0.1, 0.15) is 52.9 Å². The average molecular weight is 269 g/mol. The Hall–Kier alpha value is -0.290. The summed E-state index contributed by atoms with van der Waals surface area (Å²) in [7, 11) is 0. The molecule has 0 rings (SSSR count). The van der Waals surface area contributed by atoms with E-state index in [2.05, 4.69) is 12.2 Å². The minimum atomic E-state index is -4.07. The SMILES string of the molecule is CCCC(NCC)C(CC)OCCCC(F)(F)F. The number of halogens is 3. The van der Waals surface area contributed by atoms with E-state index in [0.717, 1.165) is 25.8 Å². The van der Waals surface area contributed by atoms with Gasteiger partial charge in [-0.05, 0) is 25.8 Å². The second-order valence-corrected chi connectivity index (χ2v) is 4.49. The van der Waals surface area contributed by atoms with Gasteiger partial charge in [0.15, 0.2) is 0 Å². The Bertz CT molecular complexity index is 191. The molecule has 18 heavy (non-hydrogen) atoms. The Morgan fingerprint density at radius 1 is 1.17 bits per heavy atom. The van der Waals surface area contributed by atoms with Crippen molar-refractivity contribution in [1.29, 1.82) is 0 Å². The zero-order valence-corrected chi connectivity index (χ0v) is 11.6. The molecule has 0 heterocycles. The largest absolute Gasteiger partial charge is 0.389 e. The number of nitrogens with one attached hydrogen (secondary N) is 1. The van der Waals surface area contributed by atoms with E-state index in [0.29, 0.717) is 0 Å². The molecular formula is C13H26F3NO. The molecule has 0 aromatic carbocycles. The Labute approximate surface area is 108 Å². The minimum Gasteiger partial charge on any atom is -0.377 e. The maximum absolute atomic E-state index is 12.0. The van der Waals surface area contributed by atoms with Gasteiger partial charge in [0.1, 0.15) is 0 Å². The lowest BCUT2D eigenvalue weighted by Crippen LogP contribution is -2.41. The molecule has 0 saturated heterocycles. The van der Waals surface area contributed by atoms with Crippen LogP contribution in [0.15, 0.2) is 0 Å². The molecule has 1 N–H and O–H groups in total. The first-order valence-corrected chi connectivity index (χ1v) is 6.86. The molecule has 0 bridgehead atoms. The molecule has 5 heteroatoms. The molecule has 0 saturated carbocycles. The fraction of sp³-hybridized carbons (Fsp3) is 1.00. The van der Waals surface area contributed by atoms with E-state index in [-0.39, 0.29) is 25.2 Å². The Morgan fingerprint density at radius 3 is 2.28 bits per heavy atom. The van der Waals surface area contributed by atoms with Crippen LogP contribution >= 0.6 is 0 Å². The molecule has 0 spiro atoms. The second-order valence-electron chi connectivity index (χ2n) is 4.49. The van der Waals surface area contributed by atoms with Crippen LogP contribution in [0.4, 0.5) is 13.2 Å². The Morgan fingerprint density at radius 2 is 1.83 bits per heavy atom. The van der Waals surface area contributed by atoms with Gasteiger partial charge in [0.2, 0.25) is 0 Å². The number of hydrogen-bond donors (Lipinski definition) is 1. The van der Waals surface area contributed by atoms with Crippen molar-refractivity contribution in [3.05, 3.63) is 0 Å². The lowest BCUT2D eigenvalue weighted by Gasteiger charge is -2.27. The molecule has 0 aliphatic rings. The molecule has 0 radical (unpaired) electrons. The predicted octanol–water partition coefficient (Wildman–Crippen LogP) is 3.90. The van der Waals surface area contributed by atoms with Gasteiger partial charge in [-0.15, -0.1) is 0 Å². The third kappa shape index (κ3) is 8.75. The number of hydrogen-bond acceptors (Lipinski definition) is 2. The van der Waals surface area contributed by atoms with Gasteiger partial charge in [-0.2, -0.15) is 13.2 Å². The van der Waals surface area contributed by atoms with Crippen molar-refractivity contribution in [1.82, 2.24) is 5.32 Å².